The smallest absolute Gasteiger partial charge is 0.0845 e. The van der Waals surface area contributed by atoms with E-state index in [2.05, 4.69) is 5.32 Å². The minimum atomic E-state index is -0.101. The molecule has 0 saturated heterocycles. The Balaban J connectivity index is 2.28. The van der Waals surface area contributed by atoms with Crippen molar-refractivity contribution in [3.05, 3.63) is 0 Å². The second-order valence-electron chi connectivity index (χ2n) is 2.80. The highest BCUT2D eigenvalue weighted by molar-refractivity contribution is 4.97. The van der Waals surface area contributed by atoms with Crippen molar-refractivity contribution in [1.29, 1.82) is 5.26 Å². The summed E-state index contributed by atoms with van der Waals surface area (Å²) >= 11 is 0. The van der Waals surface area contributed by atoms with Crippen LogP contribution in [0.5, 0.6) is 0 Å². The summed E-state index contributed by atoms with van der Waals surface area (Å²) in [6.45, 7) is 0.509. The van der Waals surface area contributed by atoms with Crippen molar-refractivity contribution in [2.24, 2.45) is 0 Å². The summed E-state index contributed by atoms with van der Waals surface area (Å²) in [5.41, 5.74) is -0.101. The SMILES string of the molecule is N#CCNC1(CO)CCC1. The number of nitrogens with one attached hydrogen (secondary N) is 1. The molecule has 0 aromatic rings. The largest absolute Gasteiger partial charge is 0.394 e. The van der Waals surface area contributed by atoms with Crippen molar-refractivity contribution in [2.75, 3.05) is 13.2 Å². The van der Waals surface area contributed by atoms with Gasteiger partial charge >= 0.3 is 0 Å². The predicted octanol–water partition coefficient (Wildman–Crippen LogP) is 0.0146. The molecule has 0 aliphatic heterocycles. The van der Waals surface area contributed by atoms with Gasteiger partial charge in [-0.15, -0.1) is 0 Å². The first-order valence-corrected chi connectivity index (χ1v) is 3.56. The zero-order valence-corrected chi connectivity index (χ0v) is 5.93. The molecule has 3 nitrogen and oxygen atoms in total. The third-order valence-corrected chi connectivity index (χ3v) is 2.16. The Morgan fingerprint density at radius 1 is 1.60 bits per heavy atom. The summed E-state index contributed by atoms with van der Waals surface area (Å²) in [6.07, 6.45) is 3.18. The molecular weight excluding hydrogens is 128 g/mol. The van der Waals surface area contributed by atoms with E-state index in [0.717, 1.165) is 12.8 Å². The molecule has 0 atom stereocenters. The van der Waals surface area contributed by atoms with Crippen LogP contribution < -0.4 is 5.32 Å². The summed E-state index contributed by atoms with van der Waals surface area (Å²) in [6, 6.07) is 2.00. The number of hydrogen-bond acceptors (Lipinski definition) is 3. The van der Waals surface area contributed by atoms with Gasteiger partial charge in [0.2, 0.25) is 0 Å². The average molecular weight is 140 g/mol. The van der Waals surface area contributed by atoms with Crippen LogP contribution in [0.15, 0.2) is 0 Å². The van der Waals surface area contributed by atoms with Gasteiger partial charge < -0.3 is 5.11 Å². The molecular formula is C7H12N2O. The van der Waals surface area contributed by atoms with E-state index in [4.69, 9.17) is 10.4 Å². The second-order valence-corrected chi connectivity index (χ2v) is 2.80. The summed E-state index contributed by atoms with van der Waals surface area (Å²) in [5.74, 6) is 0. The van der Waals surface area contributed by atoms with Crippen molar-refractivity contribution >= 4 is 0 Å². The fourth-order valence-corrected chi connectivity index (χ4v) is 1.22. The van der Waals surface area contributed by atoms with E-state index in [-0.39, 0.29) is 12.1 Å². The summed E-state index contributed by atoms with van der Waals surface area (Å²) < 4.78 is 0. The lowest BCUT2D eigenvalue weighted by Gasteiger charge is -2.40. The molecule has 2 N–H and O–H groups in total. The Morgan fingerprint density at radius 2 is 2.30 bits per heavy atom. The minimum absolute atomic E-state index is 0.101. The molecule has 0 aromatic heterocycles. The van der Waals surface area contributed by atoms with Crippen LogP contribution in [0.2, 0.25) is 0 Å². The Labute approximate surface area is 60.7 Å². The third kappa shape index (κ3) is 1.28. The topological polar surface area (TPSA) is 56.0 Å². The van der Waals surface area contributed by atoms with Crippen LogP contribution in [0.25, 0.3) is 0 Å². The lowest BCUT2D eigenvalue weighted by molar-refractivity contribution is 0.0930. The van der Waals surface area contributed by atoms with E-state index in [0.29, 0.717) is 6.54 Å². The Hall–Kier alpha value is -0.590. The van der Waals surface area contributed by atoms with E-state index in [1.165, 1.54) is 6.42 Å². The van der Waals surface area contributed by atoms with E-state index in [9.17, 15) is 0 Å². The van der Waals surface area contributed by atoms with Gasteiger partial charge in [0.1, 0.15) is 0 Å². The van der Waals surface area contributed by atoms with Crippen LogP contribution in [0.3, 0.4) is 0 Å². The van der Waals surface area contributed by atoms with Crippen LogP contribution in [-0.2, 0) is 0 Å². The number of hydrogen-bond donors (Lipinski definition) is 2. The van der Waals surface area contributed by atoms with Crippen molar-refractivity contribution in [2.45, 2.75) is 24.8 Å². The molecule has 1 aliphatic rings. The highest BCUT2D eigenvalue weighted by Crippen LogP contribution is 2.30. The van der Waals surface area contributed by atoms with Gasteiger partial charge in [0.25, 0.3) is 0 Å². The summed E-state index contributed by atoms with van der Waals surface area (Å²) in [4.78, 5) is 0. The molecule has 0 aromatic carbocycles. The van der Waals surface area contributed by atoms with Crippen molar-refractivity contribution < 1.29 is 5.11 Å². The predicted molar refractivity (Wildman–Crippen MR) is 37.3 cm³/mol. The fourth-order valence-electron chi connectivity index (χ4n) is 1.22. The highest BCUT2D eigenvalue weighted by atomic mass is 16.3. The molecule has 10 heavy (non-hydrogen) atoms. The quantitative estimate of drug-likeness (QED) is 0.543. The third-order valence-electron chi connectivity index (χ3n) is 2.16. The summed E-state index contributed by atoms with van der Waals surface area (Å²) in [7, 11) is 0. The number of aliphatic hydroxyl groups excluding tert-OH is 1. The molecule has 0 spiro atoms. The lowest BCUT2D eigenvalue weighted by atomic mass is 9.77. The standard InChI is InChI=1S/C7H12N2O/c8-4-5-9-7(6-10)2-1-3-7/h9-10H,1-3,5-6H2. The van der Waals surface area contributed by atoms with Crippen LogP contribution in [-0.4, -0.2) is 23.8 Å². The fraction of sp³-hybridized carbons (Fsp3) is 0.857. The van der Waals surface area contributed by atoms with E-state index < -0.39 is 0 Å². The van der Waals surface area contributed by atoms with Gasteiger partial charge in [-0.2, -0.15) is 5.26 Å². The van der Waals surface area contributed by atoms with Crippen molar-refractivity contribution in [3.63, 3.8) is 0 Å². The van der Waals surface area contributed by atoms with Gasteiger partial charge in [0.05, 0.1) is 19.2 Å². The van der Waals surface area contributed by atoms with Gasteiger partial charge in [0.15, 0.2) is 0 Å². The molecule has 1 fully saturated rings. The Kier molecular flexibility index (Phi) is 2.25. The molecule has 56 valence electrons. The van der Waals surface area contributed by atoms with Crippen LogP contribution in [0.1, 0.15) is 19.3 Å². The van der Waals surface area contributed by atoms with Crippen LogP contribution in [0, 0.1) is 11.3 Å². The van der Waals surface area contributed by atoms with Gasteiger partial charge in [-0.1, -0.05) is 0 Å². The molecule has 0 heterocycles. The molecule has 0 radical (unpaired) electrons. The summed E-state index contributed by atoms with van der Waals surface area (Å²) in [5, 5.41) is 20.2. The number of nitriles is 1. The Morgan fingerprint density at radius 3 is 2.60 bits per heavy atom. The number of aliphatic hydroxyl groups is 1. The number of rotatable bonds is 3. The van der Waals surface area contributed by atoms with E-state index in [1.54, 1.807) is 0 Å². The highest BCUT2D eigenvalue weighted by Gasteiger charge is 2.35. The molecule has 1 saturated carbocycles. The molecule has 0 unspecified atom stereocenters. The molecule has 0 bridgehead atoms. The first kappa shape index (κ1) is 7.52. The first-order valence-electron chi connectivity index (χ1n) is 3.56. The maximum absolute atomic E-state index is 8.89. The van der Waals surface area contributed by atoms with Gasteiger partial charge in [-0.25, -0.2) is 0 Å². The normalized spacial score (nSPS) is 21.2. The van der Waals surface area contributed by atoms with Gasteiger partial charge in [-0.3, -0.25) is 5.32 Å². The lowest BCUT2D eigenvalue weighted by Crippen LogP contribution is -2.53. The first-order chi connectivity index (χ1) is 4.83. The van der Waals surface area contributed by atoms with E-state index in [1.807, 2.05) is 6.07 Å². The zero-order chi connectivity index (χ0) is 7.45. The average Bonchev–Trinajstić information content (AvgIpc) is 1.87. The molecule has 3 heteroatoms. The van der Waals surface area contributed by atoms with Crippen LogP contribution in [0.4, 0.5) is 0 Å². The second kappa shape index (κ2) is 3.00. The molecule has 0 amide bonds. The minimum Gasteiger partial charge on any atom is -0.394 e. The maximum Gasteiger partial charge on any atom is 0.0845 e. The van der Waals surface area contributed by atoms with Gasteiger partial charge in [0, 0.05) is 5.54 Å². The molecule has 1 rings (SSSR count). The maximum atomic E-state index is 8.89. The monoisotopic (exact) mass is 140 g/mol. The van der Waals surface area contributed by atoms with Gasteiger partial charge in [-0.05, 0) is 19.3 Å². The Bertz CT molecular complexity index is 141. The van der Waals surface area contributed by atoms with E-state index >= 15 is 0 Å². The zero-order valence-electron chi connectivity index (χ0n) is 5.93. The number of nitrogens with zero attached hydrogens (tertiary/aromatic N) is 1. The van der Waals surface area contributed by atoms with Crippen molar-refractivity contribution in [3.8, 4) is 6.07 Å². The van der Waals surface area contributed by atoms with Crippen LogP contribution >= 0.6 is 0 Å². The van der Waals surface area contributed by atoms with Crippen molar-refractivity contribution in [1.82, 2.24) is 5.32 Å². The molecule has 1 aliphatic carbocycles.